The maximum Gasteiger partial charge on any atom is 0.131 e. The van der Waals surface area contributed by atoms with Gasteiger partial charge in [-0.15, -0.1) is 0 Å². The van der Waals surface area contributed by atoms with E-state index < -0.39 is 5.60 Å². The van der Waals surface area contributed by atoms with E-state index in [0.29, 0.717) is 18.1 Å². The van der Waals surface area contributed by atoms with Gasteiger partial charge in [0.15, 0.2) is 0 Å². The molecule has 0 radical (unpaired) electrons. The third kappa shape index (κ3) is 6.11. The zero-order valence-electron chi connectivity index (χ0n) is 12.2. The molecule has 0 bridgehead atoms. The first-order valence-electron chi connectivity index (χ1n) is 6.51. The fourth-order valence-corrected chi connectivity index (χ4v) is 2.37. The quantitative estimate of drug-likeness (QED) is 0.679. The van der Waals surface area contributed by atoms with Crippen LogP contribution in [0, 0.1) is 6.92 Å². The Morgan fingerprint density at radius 2 is 1.95 bits per heavy atom. The van der Waals surface area contributed by atoms with Gasteiger partial charge in [-0.1, -0.05) is 6.92 Å². The SMILES string of the molecule is CCCNc1cc(NCC(C)(O)CSC)nc(C)n1. The van der Waals surface area contributed by atoms with Crippen LogP contribution in [0.2, 0.25) is 0 Å². The molecular formula is C13H24N4OS. The average molecular weight is 284 g/mol. The highest BCUT2D eigenvalue weighted by atomic mass is 32.2. The molecule has 1 unspecified atom stereocenters. The molecule has 0 spiro atoms. The predicted octanol–water partition coefficient (Wildman–Crippen LogP) is 2.13. The van der Waals surface area contributed by atoms with Gasteiger partial charge in [0, 0.05) is 24.9 Å². The summed E-state index contributed by atoms with van der Waals surface area (Å²) >= 11 is 1.63. The van der Waals surface area contributed by atoms with Crippen LogP contribution in [0.5, 0.6) is 0 Å². The molecule has 3 N–H and O–H groups in total. The summed E-state index contributed by atoms with van der Waals surface area (Å²) < 4.78 is 0. The Morgan fingerprint density at radius 1 is 1.32 bits per heavy atom. The van der Waals surface area contributed by atoms with E-state index in [4.69, 9.17) is 0 Å². The molecule has 19 heavy (non-hydrogen) atoms. The van der Waals surface area contributed by atoms with Crippen LogP contribution in [-0.4, -0.2) is 45.8 Å². The van der Waals surface area contributed by atoms with E-state index in [-0.39, 0.29) is 0 Å². The molecule has 6 heteroatoms. The predicted molar refractivity (Wildman–Crippen MR) is 83.0 cm³/mol. The molecule has 1 rings (SSSR count). The van der Waals surface area contributed by atoms with Crippen molar-refractivity contribution in [3.63, 3.8) is 0 Å². The highest BCUT2D eigenvalue weighted by Crippen LogP contribution is 2.15. The van der Waals surface area contributed by atoms with Crippen molar-refractivity contribution in [2.45, 2.75) is 32.8 Å². The highest BCUT2D eigenvalue weighted by Gasteiger charge is 2.19. The van der Waals surface area contributed by atoms with Gasteiger partial charge in [0.25, 0.3) is 0 Å². The summed E-state index contributed by atoms with van der Waals surface area (Å²) in [6.07, 6.45) is 3.03. The number of nitrogens with one attached hydrogen (secondary N) is 2. The molecule has 5 nitrogen and oxygen atoms in total. The van der Waals surface area contributed by atoms with Crippen molar-refractivity contribution in [2.24, 2.45) is 0 Å². The van der Waals surface area contributed by atoms with Crippen LogP contribution in [0.15, 0.2) is 6.07 Å². The lowest BCUT2D eigenvalue weighted by Crippen LogP contribution is -2.36. The maximum absolute atomic E-state index is 10.1. The Morgan fingerprint density at radius 3 is 2.53 bits per heavy atom. The summed E-state index contributed by atoms with van der Waals surface area (Å²) in [7, 11) is 0. The lowest BCUT2D eigenvalue weighted by Gasteiger charge is -2.23. The van der Waals surface area contributed by atoms with Crippen LogP contribution in [-0.2, 0) is 0 Å². The Bertz CT molecular complexity index is 398. The lowest BCUT2D eigenvalue weighted by molar-refractivity contribution is 0.0996. The second-order valence-electron chi connectivity index (χ2n) is 4.90. The van der Waals surface area contributed by atoms with E-state index in [9.17, 15) is 5.11 Å². The highest BCUT2D eigenvalue weighted by molar-refractivity contribution is 7.98. The zero-order valence-corrected chi connectivity index (χ0v) is 13.0. The topological polar surface area (TPSA) is 70.1 Å². The smallest absolute Gasteiger partial charge is 0.131 e. The molecule has 1 atom stereocenters. The standard InChI is InChI=1S/C13H24N4OS/c1-5-6-14-11-7-12(17-10(2)16-11)15-8-13(3,18)9-19-4/h7,18H,5-6,8-9H2,1-4H3,(H2,14,15,16,17). The van der Waals surface area contributed by atoms with Crippen LogP contribution in [0.25, 0.3) is 0 Å². The third-order valence-electron chi connectivity index (χ3n) is 2.50. The Hall–Kier alpha value is -1.01. The summed E-state index contributed by atoms with van der Waals surface area (Å²) in [5, 5.41) is 16.5. The van der Waals surface area contributed by atoms with Crippen LogP contribution in [0.4, 0.5) is 11.6 Å². The minimum atomic E-state index is -0.741. The zero-order chi connectivity index (χ0) is 14.3. The molecule has 1 aromatic heterocycles. The van der Waals surface area contributed by atoms with Gasteiger partial charge in [0.2, 0.25) is 0 Å². The van der Waals surface area contributed by atoms with E-state index >= 15 is 0 Å². The second-order valence-corrected chi connectivity index (χ2v) is 5.76. The Kier molecular flexibility index (Phi) is 6.37. The van der Waals surface area contributed by atoms with Gasteiger partial charge in [-0.05, 0) is 26.5 Å². The summed E-state index contributed by atoms with van der Waals surface area (Å²) in [4.78, 5) is 8.65. The molecule has 1 aromatic rings. The molecule has 0 saturated heterocycles. The minimum Gasteiger partial charge on any atom is -0.387 e. The molecule has 0 saturated carbocycles. The minimum absolute atomic E-state index is 0.470. The molecule has 0 aliphatic rings. The number of aromatic nitrogens is 2. The third-order valence-corrected chi connectivity index (χ3v) is 3.41. The largest absolute Gasteiger partial charge is 0.387 e. The van der Waals surface area contributed by atoms with Gasteiger partial charge in [-0.2, -0.15) is 11.8 Å². The summed E-state index contributed by atoms with van der Waals surface area (Å²) in [6.45, 7) is 7.15. The number of thioether (sulfide) groups is 1. The van der Waals surface area contributed by atoms with Gasteiger partial charge < -0.3 is 15.7 Å². The maximum atomic E-state index is 10.1. The van der Waals surface area contributed by atoms with Gasteiger partial charge in [-0.3, -0.25) is 0 Å². The molecule has 0 aromatic carbocycles. The molecular weight excluding hydrogens is 260 g/mol. The molecule has 1 heterocycles. The summed E-state index contributed by atoms with van der Waals surface area (Å²) in [5.41, 5.74) is -0.741. The normalized spacial score (nSPS) is 13.9. The molecule has 0 aliphatic heterocycles. The average Bonchev–Trinajstić information content (AvgIpc) is 2.33. The Balaban J connectivity index is 2.65. The van der Waals surface area contributed by atoms with E-state index in [0.717, 1.165) is 24.6 Å². The second kappa shape index (κ2) is 7.55. The monoisotopic (exact) mass is 284 g/mol. The number of anilines is 2. The van der Waals surface area contributed by atoms with Crippen molar-refractivity contribution in [3.8, 4) is 0 Å². The first-order chi connectivity index (χ1) is 8.96. The van der Waals surface area contributed by atoms with Crippen molar-refractivity contribution in [1.82, 2.24) is 9.97 Å². The molecule has 0 fully saturated rings. The van der Waals surface area contributed by atoms with Crippen LogP contribution >= 0.6 is 11.8 Å². The molecule has 0 amide bonds. The molecule has 0 aliphatic carbocycles. The molecule has 108 valence electrons. The van der Waals surface area contributed by atoms with Crippen LogP contribution < -0.4 is 10.6 Å². The first-order valence-corrected chi connectivity index (χ1v) is 7.91. The number of rotatable bonds is 8. The fourth-order valence-electron chi connectivity index (χ4n) is 1.64. The Labute approximate surface area is 119 Å². The van der Waals surface area contributed by atoms with E-state index in [1.807, 2.05) is 26.2 Å². The lowest BCUT2D eigenvalue weighted by atomic mass is 10.1. The van der Waals surface area contributed by atoms with Crippen molar-refractivity contribution in [2.75, 3.05) is 35.7 Å². The van der Waals surface area contributed by atoms with E-state index in [2.05, 4.69) is 27.5 Å². The first kappa shape index (κ1) is 16.0. The number of hydrogen-bond acceptors (Lipinski definition) is 6. The van der Waals surface area contributed by atoms with Crippen molar-refractivity contribution in [3.05, 3.63) is 11.9 Å². The van der Waals surface area contributed by atoms with Gasteiger partial charge in [-0.25, -0.2) is 9.97 Å². The number of hydrogen-bond donors (Lipinski definition) is 3. The van der Waals surface area contributed by atoms with Crippen LogP contribution in [0.1, 0.15) is 26.1 Å². The van der Waals surface area contributed by atoms with Gasteiger partial charge in [0.05, 0.1) is 5.60 Å². The van der Waals surface area contributed by atoms with Crippen LogP contribution in [0.3, 0.4) is 0 Å². The van der Waals surface area contributed by atoms with Crippen molar-refractivity contribution < 1.29 is 5.11 Å². The van der Waals surface area contributed by atoms with Crippen molar-refractivity contribution >= 4 is 23.4 Å². The number of aryl methyl sites for hydroxylation is 1. The van der Waals surface area contributed by atoms with Gasteiger partial charge >= 0.3 is 0 Å². The number of aliphatic hydroxyl groups is 1. The van der Waals surface area contributed by atoms with E-state index in [1.54, 1.807) is 11.8 Å². The summed E-state index contributed by atoms with van der Waals surface area (Å²) in [5.74, 6) is 2.97. The summed E-state index contributed by atoms with van der Waals surface area (Å²) in [6, 6.07) is 1.87. The fraction of sp³-hybridized carbons (Fsp3) is 0.692. The number of nitrogens with zero attached hydrogens (tertiary/aromatic N) is 2. The van der Waals surface area contributed by atoms with E-state index in [1.165, 1.54) is 0 Å². The van der Waals surface area contributed by atoms with Crippen molar-refractivity contribution in [1.29, 1.82) is 0 Å². The van der Waals surface area contributed by atoms with Gasteiger partial charge in [0.1, 0.15) is 17.5 Å².